The van der Waals surface area contributed by atoms with Crippen molar-refractivity contribution in [3.05, 3.63) is 53.3 Å². The molecule has 1 fully saturated rings. The first-order chi connectivity index (χ1) is 13.4. The maximum absolute atomic E-state index is 12.6. The van der Waals surface area contributed by atoms with Crippen molar-refractivity contribution in [1.29, 1.82) is 0 Å². The Morgan fingerprint density at radius 3 is 2.57 bits per heavy atom. The Morgan fingerprint density at radius 1 is 1.14 bits per heavy atom. The molecule has 148 valence electrons. The quantitative estimate of drug-likeness (QED) is 0.859. The van der Waals surface area contributed by atoms with Crippen molar-refractivity contribution < 1.29 is 19.1 Å². The van der Waals surface area contributed by atoms with E-state index in [1.807, 2.05) is 20.8 Å². The van der Waals surface area contributed by atoms with E-state index >= 15 is 0 Å². The average molecular weight is 383 g/mol. The molecule has 1 aliphatic rings. The average Bonchev–Trinajstić information content (AvgIpc) is 2.69. The molecule has 2 aromatic rings. The fraction of sp³-hybridized carbons (Fsp3) is 0.381. The van der Waals surface area contributed by atoms with E-state index in [0.717, 1.165) is 5.56 Å². The van der Waals surface area contributed by atoms with Crippen molar-refractivity contribution in [2.45, 2.75) is 26.9 Å². The van der Waals surface area contributed by atoms with E-state index in [1.165, 1.54) is 6.20 Å². The molecule has 0 spiro atoms. The zero-order chi connectivity index (χ0) is 20.1. The van der Waals surface area contributed by atoms with E-state index < -0.39 is 0 Å². The molecule has 3 rings (SSSR count). The van der Waals surface area contributed by atoms with Crippen LogP contribution in [0.3, 0.4) is 0 Å². The summed E-state index contributed by atoms with van der Waals surface area (Å²) in [7, 11) is 0. The molecule has 1 aromatic heterocycles. The van der Waals surface area contributed by atoms with Gasteiger partial charge in [0, 0.05) is 30.5 Å². The molecule has 7 nitrogen and oxygen atoms in total. The lowest BCUT2D eigenvalue weighted by Crippen LogP contribution is -2.40. The number of nitrogens with zero attached hydrogens (tertiary/aromatic N) is 2. The first-order valence-corrected chi connectivity index (χ1v) is 9.35. The second-order valence-electron chi connectivity index (χ2n) is 6.96. The van der Waals surface area contributed by atoms with E-state index in [9.17, 15) is 9.59 Å². The highest BCUT2D eigenvalue weighted by Crippen LogP contribution is 2.20. The normalized spacial score (nSPS) is 14.1. The third-order valence-electron chi connectivity index (χ3n) is 4.37. The van der Waals surface area contributed by atoms with Gasteiger partial charge in [0.1, 0.15) is 5.75 Å². The molecule has 0 atom stereocenters. The van der Waals surface area contributed by atoms with Crippen LogP contribution in [-0.2, 0) is 4.74 Å². The van der Waals surface area contributed by atoms with Gasteiger partial charge in [-0.2, -0.15) is 0 Å². The van der Waals surface area contributed by atoms with Gasteiger partial charge in [-0.15, -0.1) is 0 Å². The number of carbonyl (C=O) groups is 2. The molecular formula is C21H25N3O4. The third-order valence-corrected chi connectivity index (χ3v) is 4.37. The van der Waals surface area contributed by atoms with Gasteiger partial charge in [0.05, 0.1) is 31.1 Å². The Balaban J connectivity index is 1.70. The van der Waals surface area contributed by atoms with E-state index in [0.29, 0.717) is 48.9 Å². The topological polar surface area (TPSA) is 80.8 Å². The van der Waals surface area contributed by atoms with Crippen molar-refractivity contribution >= 4 is 17.5 Å². The number of benzene rings is 1. The summed E-state index contributed by atoms with van der Waals surface area (Å²) in [6, 6.07) is 6.94. The van der Waals surface area contributed by atoms with Gasteiger partial charge in [-0.3, -0.25) is 14.6 Å². The van der Waals surface area contributed by atoms with Crippen LogP contribution in [-0.4, -0.2) is 54.1 Å². The van der Waals surface area contributed by atoms with E-state index in [-0.39, 0.29) is 17.9 Å². The fourth-order valence-electron chi connectivity index (χ4n) is 2.96. The Kier molecular flexibility index (Phi) is 6.26. The molecule has 0 saturated carbocycles. The van der Waals surface area contributed by atoms with Gasteiger partial charge in [-0.1, -0.05) is 0 Å². The zero-order valence-electron chi connectivity index (χ0n) is 16.4. The van der Waals surface area contributed by atoms with Crippen molar-refractivity contribution in [2.75, 3.05) is 31.6 Å². The highest BCUT2D eigenvalue weighted by atomic mass is 16.5. The van der Waals surface area contributed by atoms with E-state index in [4.69, 9.17) is 9.47 Å². The minimum atomic E-state index is -0.280. The first-order valence-electron chi connectivity index (χ1n) is 9.35. The van der Waals surface area contributed by atoms with Crippen molar-refractivity contribution in [1.82, 2.24) is 9.88 Å². The molecule has 0 unspecified atom stereocenters. The number of carbonyl (C=O) groups excluding carboxylic acids is 2. The summed E-state index contributed by atoms with van der Waals surface area (Å²) in [4.78, 5) is 31.0. The maximum atomic E-state index is 12.6. The lowest BCUT2D eigenvalue weighted by molar-refractivity contribution is 0.0303. The van der Waals surface area contributed by atoms with Gasteiger partial charge in [0.15, 0.2) is 0 Å². The number of aryl methyl sites for hydroxylation is 1. The van der Waals surface area contributed by atoms with Crippen LogP contribution in [0.15, 0.2) is 36.7 Å². The van der Waals surface area contributed by atoms with Crippen molar-refractivity contribution in [3.63, 3.8) is 0 Å². The fourth-order valence-corrected chi connectivity index (χ4v) is 2.96. The predicted octanol–water partition coefficient (Wildman–Crippen LogP) is 2.90. The molecule has 1 aromatic carbocycles. The van der Waals surface area contributed by atoms with Crippen LogP contribution in [0.5, 0.6) is 5.75 Å². The monoisotopic (exact) mass is 383 g/mol. The first kappa shape index (κ1) is 19.8. The lowest BCUT2D eigenvalue weighted by Gasteiger charge is -2.27. The van der Waals surface area contributed by atoms with E-state index in [2.05, 4.69) is 10.3 Å². The number of ether oxygens (including phenoxy) is 2. The van der Waals surface area contributed by atoms with Gasteiger partial charge >= 0.3 is 0 Å². The Hall–Kier alpha value is -2.93. The summed E-state index contributed by atoms with van der Waals surface area (Å²) < 4.78 is 10.9. The minimum absolute atomic E-state index is 0.00102. The maximum Gasteiger partial charge on any atom is 0.257 e. The SMILES string of the molecule is Cc1cc(C(=O)N2CCOCC2)ccc1NC(=O)c1cncc(OC(C)C)c1. The number of amides is 2. The number of rotatable bonds is 5. The summed E-state index contributed by atoms with van der Waals surface area (Å²) >= 11 is 0. The number of nitrogens with one attached hydrogen (secondary N) is 1. The highest BCUT2D eigenvalue weighted by Gasteiger charge is 2.19. The van der Waals surface area contributed by atoms with Crippen LogP contribution in [0, 0.1) is 6.92 Å². The summed E-state index contributed by atoms with van der Waals surface area (Å²) in [5.74, 6) is 0.245. The molecule has 0 aliphatic carbocycles. The second-order valence-corrected chi connectivity index (χ2v) is 6.96. The van der Waals surface area contributed by atoms with Crippen LogP contribution in [0.4, 0.5) is 5.69 Å². The molecule has 0 radical (unpaired) electrons. The molecule has 0 bridgehead atoms. The van der Waals surface area contributed by atoms with Gasteiger partial charge in [0.2, 0.25) is 0 Å². The standard InChI is InChI=1S/C21H25N3O4/c1-14(2)28-18-11-17(12-22-13-18)20(25)23-19-5-4-16(10-15(19)3)21(26)24-6-8-27-9-7-24/h4-5,10-14H,6-9H2,1-3H3,(H,23,25). The molecule has 1 aliphatic heterocycles. The van der Waals surface area contributed by atoms with Crippen LogP contribution in [0.2, 0.25) is 0 Å². The largest absolute Gasteiger partial charge is 0.489 e. The minimum Gasteiger partial charge on any atom is -0.489 e. The summed E-state index contributed by atoms with van der Waals surface area (Å²) in [5.41, 5.74) is 2.48. The summed E-state index contributed by atoms with van der Waals surface area (Å²) in [5, 5.41) is 2.87. The molecule has 28 heavy (non-hydrogen) atoms. The molecular weight excluding hydrogens is 358 g/mol. The Labute approximate surface area is 164 Å². The summed E-state index contributed by atoms with van der Waals surface area (Å²) in [6.45, 7) is 8.00. The lowest BCUT2D eigenvalue weighted by atomic mass is 10.1. The van der Waals surface area contributed by atoms with Crippen LogP contribution >= 0.6 is 0 Å². The second kappa shape index (κ2) is 8.84. The van der Waals surface area contributed by atoms with Gasteiger partial charge in [-0.25, -0.2) is 0 Å². The highest BCUT2D eigenvalue weighted by molar-refractivity contribution is 6.05. The van der Waals surface area contributed by atoms with E-state index in [1.54, 1.807) is 35.4 Å². The number of anilines is 1. The Bertz CT molecular complexity index is 860. The van der Waals surface area contributed by atoms with Crippen LogP contribution < -0.4 is 10.1 Å². The number of pyridine rings is 1. The molecule has 1 N–H and O–H groups in total. The number of hydrogen-bond acceptors (Lipinski definition) is 5. The summed E-state index contributed by atoms with van der Waals surface area (Å²) in [6.07, 6.45) is 3.07. The van der Waals surface area contributed by atoms with Crippen LogP contribution in [0.25, 0.3) is 0 Å². The smallest absolute Gasteiger partial charge is 0.257 e. The van der Waals surface area contributed by atoms with Crippen LogP contribution in [0.1, 0.15) is 40.1 Å². The zero-order valence-corrected chi connectivity index (χ0v) is 16.4. The molecule has 1 saturated heterocycles. The third kappa shape index (κ3) is 4.86. The number of morpholine rings is 1. The van der Waals surface area contributed by atoms with Gasteiger partial charge < -0.3 is 19.7 Å². The van der Waals surface area contributed by atoms with Crippen molar-refractivity contribution in [2.24, 2.45) is 0 Å². The molecule has 7 heteroatoms. The van der Waals surface area contributed by atoms with Gasteiger partial charge in [-0.05, 0) is 50.6 Å². The predicted molar refractivity (Wildman–Crippen MR) is 106 cm³/mol. The molecule has 2 amide bonds. The number of aromatic nitrogens is 1. The Morgan fingerprint density at radius 2 is 1.89 bits per heavy atom. The van der Waals surface area contributed by atoms with Gasteiger partial charge in [0.25, 0.3) is 11.8 Å². The number of hydrogen-bond donors (Lipinski definition) is 1. The van der Waals surface area contributed by atoms with Crippen molar-refractivity contribution in [3.8, 4) is 5.75 Å². The molecule has 2 heterocycles.